The van der Waals surface area contributed by atoms with Gasteiger partial charge in [0.1, 0.15) is 11.3 Å². The molecule has 0 saturated carbocycles. The van der Waals surface area contributed by atoms with Crippen LogP contribution in [0, 0.1) is 0 Å². The number of aryl methyl sites for hydroxylation is 2. The van der Waals surface area contributed by atoms with E-state index in [0.717, 1.165) is 64.7 Å². The number of methoxy groups -OCH3 is 1. The van der Waals surface area contributed by atoms with Crippen LogP contribution < -0.4 is 15.4 Å². The average Bonchev–Trinajstić information content (AvgIpc) is 3.44. The van der Waals surface area contributed by atoms with Crippen LogP contribution in [0.1, 0.15) is 12.8 Å². The fourth-order valence-corrected chi connectivity index (χ4v) is 4.74. The van der Waals surface area contributed by atoms with Crippen molar-refractivity contribution in [3.8, 4) is 16.9 Å². The lowest BCUT2D eigenvalue weighted by Gasteiger charge is -2.29. The first-order valence-corrected chi connectivity index (χ1v) is 12.1. The van der Waals surface area contributed by atoms with Crippen molar-refractivity contribution < 1.29 is 9.47 Å². The number of nitrogens with zero attached hydrogens (tertiary/aromatic N) is 7. The molecule has 0 amide bonds. The molecule has 4 aromatic rings. The summed E-state index contributed by atoms with van der Waals surface area (Å²) < 4.78 is 16.7. The second kappa shape index (κ2) is 9.71. The number of morpholine rings is 1. The zero-order valence-electron chi connectivity index (χ0n) is 20.9. The van der Waals surface area contributed by atoms with E-state index in [1.807, 2.05) is 16.9 Å². The van der Waals surface area contributed by atoms with Crippen LogP contribution >= 0.6 is 0 Å². The Bertz CT molecular complexity index is 1400. The monoisotopic (exact) mass is 479 g/mol. The lowest BCUT2D eigenvalue weighted by atomic mass is 10.0. The molecule has 4 heterocycles. The first-order chi connectivity index (χ1) is 17.0. The molecule has 10 nitrogen and oxygen atoms in total. The summed E-state index contributed by atoms with van der Waals surface area (Å²) in [5.41, 5.74) is 4.25. The quantitative estimate of drug-likeness (QED) is 0.358. The molecule has 0 aliphatic carbocycles. The predicted octanol–water partition coefficient (Wildman–Crippen LogP) is 2.07. The molecule has 5 rings (SSSR count). The Labute approximate surface area is 204 Å². The zero-order valence-corrected chi connectivity index (χ0v) is 20.9. The summed E-state index contributed by atoms with van der Waals surface area (Å²) >= 11 is 0. The summed E-state index contributed by atoms with van der Waals surface area (Å²) in [4.78, 5) is 20.1. The molecule has 1 saturated heterocycles. The van der Waals surface area contributed by atoms with Crippen molar-refractivity contribution in [2.24, 2.45) is 7.05 Å². The Morgan fingerprint density at radius 2 is 1.94 bits per heavy atom. The van der Waals surface area contributed by atoms with E-state index in [4.69, 9.17) is 9.47 Å². The molecule has 0 bridgehead atoms. The smallest absolute Gasteiger partial charge is 0.347 e. The Morgan fingerprint density at radius 3 is 2.69 bits per heavy atom. The van der Waals surface area contributed by atoms with Crippen molar-refractivity contribution in [2.45, 2.75) is 19.4 Å². The van der Waals surface area contributed by atoms with Gasteiger partial charge in [0.25, 0.3) is 0 Å². The Kier molecular flexibility index (Phi) is 6.48. The molecule has 1 aliphatic rings. The number of hydrogen-bond donors (Lipinski definition) is 0. The molecular weight excluding hydrogens is 446 g/mol. The number of unbranched alkanes of at least 4 members (excludes halogenated alkanes) is 1. The highest BCUT2D eigenvalue weighted by Crippen LogP contribution is 2.36. The van der Waals surface area contributed by atoms with Crippen LogP contribution in [-0.4, -0.2) is 83.0 Å². The molecule has 1 fully saturated rings. The maximum absolute atomic E-state index is 13.3. The molecule has 0 unspecified atom stereocenters. The van der Waals surface area contributed by atoms with E-state index in [9.17, 15) is 4.79 Å². The van der Waals surface area contributed by atoms with Gasteiger partial charge in [-0.2, -0.15) is 5.10 Å². The highest BCUT2D eigenvalue weighted by atomic mass is 16.5. The number of fused-ring (bicyclic) bond motifs is 3. The first kappa shape index (κ1) is 23.4. The maximum atomic E-state index is 13.3. The number of imidazole rings is 1. The maximum Gasteiger partial charge on any atom is 0.347 e. The minimum absolute atomic E-state index is 0.0842. The summed E-state index contributed by atoms with van der Waals surface area (Å²) in [6.45, 7) is 4.44. The molecule has 35 heavy (non-hydrogen) atoms. The Hall–Kier alpha value is -3.37. The number of rotatable bonds is 8. The lowest BCUT2D eigenvalue weighted by molar-refractivity contribution is 0.111. The molecule has 0 N–H and O–H groups in total. The van der Waals surface area contributed by atoms with E-state index in [0.29, 0.717) is 26.3 Å². The number of ether oxygens (including phenoxy) is 2. The fourth-order valence-electron chi connectivity index (χ4n) is 4.74. The van der Waals surface area contributed by atoms with E-state index in [1.54, 1.807) is 29.6 Å². The average molecular weight is 480 g/mol. The van der Waals surface area contributed by atoms with Crippen LogP contribution in [0.2, 0.25) is 0 Å². The van der Waals surface area contributed by atoms with Gasteiger partial charge in [0.2, 0.25) is 0 Å². The molecule has 0 radical (unpaired) electrons. The van der Waals surface area contributed by atoms with Crippen molar-refractivity contribution >= 4 is 21.9 Å². The normalized spacial score (nSPS) is 14.5. The van der Waals surface area contributed by atoms with Gasteiger partial charge in [-0.15, -0.1) is 0 Å². The Balaban J connectivity index is 1.59. The SMILES string of the molecule is COc1cc2ncc3c(c2cc1-c1cnn(CCCCN(C)C)c1)n(N1CCOCC1)c(=O)n3C. The summed E-state index contributed by atoms with van der Waals surface area (Å²) in [5, 5.41) is 7.55. The van der Waals surface area contributed by atoms with Crippen LogP contribution in [0.3, 0.4) is 0 Å². The molecule has 0 spiro atoms. The van der Waals surface area contributed by atoms with Gasteiger partial charge in [-0.05, 0) is 39.5 Å². The predicted molar refractivity (Wildman–Crippen MR) is 137 cm³/mol. The first-order valence-electron chi connectivity index (χ1n) is 12.1. The minimum Gasteiger partial charge on any atom is -0.496 e. The van der Waals surface area contributed by atoms with Crippen molar-refractivity contribution in [3.05, 3.63) is 41.2 Å². The van der Waals surface area contributed by atoms with E-state index >= 15 is 0 Å². The van der Waals surface area contributed by atoms with Crippen LogP contribution in [0.15, 0.2) is 35.5 Å². The highest BCUT2D eigenvalue weighted by molar-refractivity contribution is 6.05. The fraction of sp³-hybridized carbons (Fsp3) is 0.480. The highest BCUT2D eigenvalue weighted by Gasteiger charge is 2.22. The van der Waals surface area contributed by atoms with Gasteiger partial charge in [-0.1, -0.05) is 0 Å². The lowest BCUT2D eigenvalue weighted by Crippen LogP contribution is -2.48. The van der Waals surface area contributed by atoms with E-state index < -0.39 is 0 Å². The minimum atomic E-state index is -0.0842. The van der Waals surface area contributed by atoms with Gasteiger partial charge in [0.15, 0.2) is 0 Å². The van der Waals surface area contributed by atoms with E-state index in [-0.39, 0.29) is 5.69 Å². The molecule has 1 aromatic carbocycles. The molecule has 10 heteroatoms. The van der Waals surface area contributed by atoms with Crippen LogP contribution in [0.4, 0.5) is 0 Å². The van der Waals surface area contributed by atoms with Gasteiger partial charge in [-0.25, -0.2) is 9.47 Å². The van der Waals surface area contributed by atoms with Crippen molar-refractivity contribution in [3.63, 3.8) is 0 Å². The molecule has 1 aliphatic heterocycles. The second-order valence-corrected chi connectivity index (χ2v) is 9.28. The number of aromatic nitrogens is 5. The number of benzene rings is 1. The third-order valence-electron chi connectivity index (χ3n) is 6.64. The summed E-state index contributed by atoms with van der Waals surface area (Å²) in [7, 11) is 7.64. The van der Waals surface area contributed by atoms with Gasteiger partial charge in [0, 0.05) is 42.4 Å². The Morgan fingerprint density at radius 1 is 1.14 bits per heavy atom. The van der Waals surface area contributed by atoms with Gasteiger partial charge < -0.3 is 19.4 Å². The standard InChI is InChI=1S/C25H33N7O3/c1-28(2)7-5-6-8-30-17-18(15-27-30)19-13-20-21(14-23(19)34-4)26-16-22-24(20)32(25(33)29(22)3)31-9-11-35-12-10-31/h13-17H,5-12H2,1-4H3. The van der Waals surface area contributed by atoms with E-state index in [1.165, 1.54) is 0 Å². The van der Waals surface area contributed by atoms with Crippen LogP contribution in [0.5, 0.6) is 5.75 Å². The second-order valence-electron chi connectivity index (χ2n) is 9.28. The third kappa shape index (κ3) is 4.39. The number of pyridine rings is 1. The third-order valence-corrected chi connectivity index (χ3v) is 6.64. The van der Waals surface area contributed by atoms with Gasteiger partial charge in [-0.3, -0.25) is 14.2 Å². The zero-order chi connectivity index (χ0) is 24.5. The van der Waals surface area contributed by atoms with Crippen molar-refractivity contribution in [2.75, 3.05) is 59.1 Å². The molecule has 186 valence electrons. The van der Waals surface area contributed by atoms with E-state index in [2.05, 4.69) is 46.4 Å². The van der Waals surface area contributed by atoms with Gasteiger partial charge >= 0.3 is 5.69 Å². The number of hydrogen-bond acceptors (Lipinski definition) is 7. The summed E-state index contributed by atoms with van der Waals surface area (Å²) in [6.07, 6.45) is 7.89. The van der Waals surface area contributed by atoms with Gasteiger partial charge in [0.05, 0.1) is 56.8 Å². The topological polar surface area (TPSA) is 82.6 Å². The largest absolute Gasteiger partial charge is 0.496 e. The molecular formula is C25H33N7O3. The molecule has 0 atom stereocenters. The van der Waals surface area contributed by atoms with Crippen LogP contribution in [0.25, 0.3) is 33.1 Å². The van der Waals surface area contributed by atoms with Crippen LogP contribution in [-0.2, 0) is 18.3 Å². The van der Waals surface area contributed by atoms with Crippen molar-refractivity contribution in [1.29, 1.82) is 0 Å². The van der Waals surface area contributed by atoms with Crippen molar-refractivity contribution in [1.82, 2.24) is 28.9 Å². The molecule has 3 aromatic heterocycles. The summed E-state index contributed by atoms with van der Waals surface area (Å²) in [6, 6.07) is 4.02. The summed E-state index contributed by atoms with van der Waals surface area (Å²) in [5.74, 6) is 0.729.